The van der Waals surface area contributed by atoms with E-state index in [0.717, 1.165) is 36.4 Å². The maximum Gasteiger partial charge on any atom is 3.00 e. The maximum absolute atomic E-state index is 10.7. The third-order valence-electron chi connectivity index (χ3n) is 3.89. The third-order valence-corrected chi connectivity index (χ3v) is 3.89. The molecule has 1 radical (unpaired) electrons. The Kier molecular flexibility index (Phi) is 12.0. The largest absolute Gasteiger partial charge is 3.00 e. The minimum atomic E-state index is -1.32. The van der Waals surface area contributed by atoms with E-state index in [2.05, 4.69) is 0 Å². The number of phenolic OH excluding ortho intramolecular Hbond substituents is 6. The number of aromatic carboxylic acids is 3. The number of hydrogen-bond acceptors (Lipinski definition) is 12. The van der Waals surface area contributed by atoms with Crippen molar-refractivity contribution < 1.29 is 116 Å². The van der Waals surface area contributed by atoms with Crippen LogP contribution in [0.4, 0.5) is 0 Å². The molecule has 3 aromatic rings. The molecule has 0 unspecified atom stereocenters. The van der Waals surface area contributed by atoms with E-state index in [1.54, 1.807) is 0 Å². The van der Waals surface area contributed by atoms with Gasteiger partial charge in [0.15, 0.2) is 0 Å². The van der Waals surface area contributed by atoms with Gasteiger partial charge < -0.3 is 61.3 Å². The molecule has 15 nitrogen and oxygen atoms in total. The summed E-state index contributed by atoms with van der Waals surface area (Å²) < 4.78 is 0. The van der Waals surface area contributed by atoms with Crippen molar-refractivity contribution in [2.75, 3.05) is 0 Å². The average Bonchev–Trinajstić information content (AvgIpc) is 2.79. The summed E-state index contributed by atoms with van der Waals surface area (Å²) in [6, 6.07) is 4.69. The molecule has 0 aliphatic rings. The molecule has 0 fully saturated rings. The van der Waals surface area contributed by atoms with Crippen molar-refractivity contribution in [3.63, 3.8) is 0 Å². The SMILES string of the molecule is O=C(O)c1cc(O)c([O-])c(O)c1.O=C(O)c1cc(O)c([O-])c(O)c1.O=C(O)c1cc(O)c([O-])c(O)c1.[Gd+3]. The molecule has 0 spiro atoms. The summed E-state index contributed by atoms with van der Waals surface area (Å²) in [4.78, 5) is 30.9. The Hall–Kier alpha value is -4.41. The second-order valence-corrected chi connectivity index (χ2v) is 6.45. The Labute approximate surface area is 237 Å². The predicted octanol–water partition coefficient (Wildman–Crippen LogP) is -0.391. The number of carbonyl (C=O) groups is 3. The van der Waals surface area contributed by atoms with Crippen LogP contribution in [0.1, 0.15) is 31.1 Å². The second kappa shape index (κ2) is 13.6. The number of phenols is 6. The van der Waals surface area contributed by atoms with Crippen molar-refractivity contribution in [1.29, 1.82) is 0 Å². The van der Waals surface area contributed by atoms with Crippen LogP contribution in [0, 0.1) is 39.9 Å². The minimum Gasteiger partial charge on any atom is -0.867 e. The average molecular weight is 665 g/mol. The van der Waals surface area contributed by atoms with Crippen molar-refractivity contribution in [2.45, 2.75) is 0 Å². The van der Waals surface area contributed by atoms with Gasteiger partial charge in [-0.05, 0) is 53.6 Å². The van der Waals surface area contributed by atoms with Gasteiger partial charge in [0.05, 0.1) is 16.7 Å². The van der Waals surface area contributed by atoms with Gasteiger partial charge in [0.25, 0.3) is 0 Å². The van der Waals surface area contributed by atoms with Gasteiger partial charge >= 0.3 is 57.8 Å². The Bertz CT molecular complexity index is 1090. The first-order valence-corrected chi connectivity index (χ1v) is 8.95. The van der Waals surface area contributed by atoms with E-state index in [4.69, 9.17) is 46.0 Å². The minimum absolute atomic E-state index is 0. The fourth-order valence-electron chi connectivity index (χ4n) is 2.17. The monoisotopic (exact) mass is 665 g/mol. The van der Waals surface area contributed by atoms with Gasteiger partial charge in [0.2, 0.25) is 0 Å². The van der Waals surface area contributed by atoms with E-state index in [0.29, 0.717) is 0 Å². The fourth-order valence-corrected chi connectivity index (χ4v) is 2.17. The van der Waals surface area contributed by atoms with Crippen molar-refractivity contribution in [2.24, 2.45) is 0 Å². The quantitative estimate of drug-likeness (QED) is 0.172. The van der Waals surface area contributed by atoms with Crippen LogP contribution in [0.5, 0.6) is 51.7 Å². The van der Waals surface area contributed by atoms with Gasteiger partial charge in [0, 0.05) is 0 Å². The topological polar surface area (TPSA) is 302 Å². The molecule has 0 amide bonds. The molecule has 9 N–H and O–H groups in total. The fraction of sp³-hybridized carbons (Fsp3) is 0. The molecular weight excluding hydrogens is 649 g/mol. The number of carboxylic acid groups (broad SMARTS) is 3. The van der Waals surface area contributed by atoms with E-state index in [1.165, 1.54) is 0 Å². The Balaban J connectivity index is 0.000000518. The molecule has 0 bridgehead atoms. The molecule has 16 heteroatoms. The Morgan fingerprint density at radius 3 is 0.676 bits per heavy atom. The van der Waals surface area contributed by atoms with E-state index in [-0.39, 0.29) is 56.6 Å². The van der Waals surface area contributed by atoms with Crippen LogP contribution in [0.2, 0.25) is 0 Å². The maximum atomic E-state index is 10.7. The first kappa shape index (κ1) is 32.6. The molecule has 0 aliphatic carbocycles. The Morgan fingerprint density at radius 1 is 0.432 bits per heavy atom. The first-order chi connectivity index (χ1) is 16.6. The van der Waals surface area contributed by atoms with Crippen LogP contribution in [0.15, 0.2) is 36.4 Å². The summed E-state index contributed by atoms with van der Waals surface area (Å²) in [6.45, 7) is 0. The number of hydrogen-bond donors (Lipinski definition) is 9. The molecule has 3 rings (SSSR count). The predicted molar refractivity (Wildman–Crippen MR) is 109 cm³/mol. The summed E-state index contributed by atoms with van der Waals surface area (Å²) in [5.74, 6) is -11.5. The van der Waals surface area contributed by atoms with Crippen molar-refractivity contribution in [3.8, 4) is 51.7 Å². The van der Waals surface area contributed by atoms with Crippen molar-refractivity contribution in [3.05, 3.63) is 53.1 Å². The van der Waals surface area contributed by atoms with E-state index < -0.39 is 69.7 Å². The number of benzene rings is 3. The second-order valence-electron chi connectivity index (χ2n) is 6.45. The molecule has 197 valence electrons. The molecule has 0 aromatic heterocycles. The van der Waals surface area contributed by atoms with Gasteiger partial charge in [-0.25, -0.2) is 14.4 Å². The molecule has 0 heterocycles. The summed E-state index contributed by atoms with van der Waals surface area (Å²) in [6.07, 6.45) is 0. The van der Waals surface area contributed by atoms with Crippen LogP contribution in [-0.4, -0.2) is 63.9 Å². The van der Waals surface area contributed by atoms with E-state index >= 15 is 0 Å². The normalized spacial score (nSPS) is 9.41. The van der Waals surface area contributed by atoms with Gasteiger partial charge in [-0.1, -0.05) is 0 Å². The van der Waals surface area contributed by atoms with Crippen molar-refractivity contribution >= 4 is 17.9 Å². The van der Waals surface area contributed by atoms with Crippen LogP contribution in [0.25, 0.3) is 0 Å². The molecule has 0 saturated carbocycles. The van der Waals surface area contributed by atoms with Gasteiger partial charge in [-0.2, -0.15) is 0 Å². The zero-order valence-electron chi connectivity index (χ0n) is 17.8. The number of rotatable bonds is 3. The Morgan fingerprint density at radius 2 is 0.568 bits per heavy atom. The van der Waals surface area contributed by atoms with E-state index in [9.17, 15) is 29.7 Å². The summed E-state index contributed by atoms with van der Waals surface area (Å²) in [5.41, 5.74) is -0.987. The number of carboxylic acids is 3. The molecule has 3 aromatic carbocycles. The first-order valence-electron chi connectivity index (χ1n) is 8.95. The standard InChI is InChI=1S/3C7H6O5.Gd/c3*8-4-1-3(7(11)12)2-5(9)6(4)10;/h3*1-2,8-10H,(H,11,12);/q;;;+3/p-3. The number of aromatic hydroxyl groups is 6. The van der Waals surface area contributed by atoms with Gasteiger partial charge in [0.1, 0.15) is 34.5 Å². The zero-order valence-corrected chi connectivity index (χ0v) is 20.1. The van der Waals surface area contributed by atoms with Crippen molar-refractivity contribution in [1.82, 2.24) is 0 Å². The molecule has 0 atom stereocenters. The van der Waals surface area contributed by atoms with Crippen LogP contribution < -0.4 is 15.3 Å². The molecule has 0 aliphatic heterocycles. The molecular formula is C21H15GdO15. The smallest absolute Gasteiger partial charge is 0.867 e. The van der Waals surface area contributed by atoms with Gasteiger partial charge in [-0.3, -0.25) is 0 Å². The summed E-state index contributed by atoms with van der Waals surface area (Å²) in [5, 5.41) is 110. The summed E-state index contributed by atoms with van der Waals surface area (Å²) in [7, 11) is 0. The molecule has 37 heavy (non-hydrogen) atoms. The van der Waals surface area contributed by atoms with Crippen LogP contribution >= 0.6 is 0 Å². The third kappa shape index (κ3) is 8.95. The van der Waals surface area contributed by atoms with E-state index in [1.807, 2.05) is 0 Å². The van der Waals surface area contributed by atoms with Gasteiger partial charge in [-0.15, -0.1) is 0 Å². The summed E-state index contributed by atoms with van der Waals surface area (Å²) >= 11 is 0. The van der Waals surface area contributed by atoms with Crippen LogP contribution in [0.3, 0.4) is 0 Å². The zero-order chi connectivity index (χ0) is 27.9. The molecule has 0 saturated heterocycles. The van der Waals surface area contributed by atoms with Crippen LogP contribution in [-0.2, 0) is 0 Å².